The SMILES string of the molecule is OC[C@@H]1O[C@@H](O[C@]2(O)[C@@H](O)[C@H](OC[C@@H]3O[C@@H](O)[C@H](O)[C@H](O)[C@H]3O)O[C@@H](CO)[C@@H]2O)[C@H](O)[C@H](O)[C@H]1O. The Kier molecular flexibility index (Phi) is 9.39. The Morgan fingerprint density at radius 3 is 1.71 bits per heavy atom. The zero-order chi connectivity index (χ0) is 26.2. The van der Waals surface area contributed by atoms with Gasteiger partial charge < -0.3 is 85.0 Å². The van der Waals surface area contributed by atoms with Crippen LogP contribution in [0.15, 0.2) is 0 Å². The quantitative estimate of drug-likeness (QED) is 0.139. The molecule has 3 fully saturated rings. The molecule has 3 aliphatic rings. The van der Waals surface area contributed by atoms with Gasteiger partial charge in [-0.1, -0.05) is 0 Å². The normalized spacial score (nSPS) is 53.5. The van der Waals surface area contributed by atoms with Crippen molar-refractivity contribution in [3.63, 3.8) is 0 Å². The van der Waals surface area contributed by atoms with Crippen LogP contribution in [0.1, 0.15) is 0 Å². The number of rotatable bonds is 7. The van der Waals surface area contributed by atoms with Crippen molar-refractivity contribution in [1.29, 1.82) is 0 Å². The van der Waals surface area contributed by atoms with Crippen LogP contribution in [0.4, 0.5) is 0 Å². The average Bonchev–Trinajstić information content (AvgIpc) is 2.84. The molecule has 15 atom stereocenters. The molecule has 17 nitrogen and oxygen atoms in total. The maximum Gasteiger partial charge on any atom is 0.229 e. The highest BCUT2D eigenvalue weighted by atomic mass is 16.8. The lowest BCUT2D eigenvalue weighted by molar-refractivity contribution is -0.443. The zero-order valence-electron chi connectivity index (χ0n) is 18.1. The van der Waals surface area contributed by atoms with Gasteiger partial charge in [0.25, 0.3) is 0 Å². The van der Waals surface area contributed by atoms with Gasteiger partial charge in [0.1, 0.15) is 61.0 Å². The lowest BCUT2D eigenvalue weighted by atomic mass is 9.93. The van der Waals surface area contributed by atoms with E-state index >= 15 is 0 Å². The topological polar surface area (TPSA) is 289 Å². The Morgan fingerprint density at radius 1 is 0.571 bits per heavy atom. The number of aliphatic hydroxyl groups excluding tert-OH is 11. The molecule has 0 radical (unpaired) electrons. The molecule has 3 heterocycles. The molecule has 0 saturated carbocycles. The molecule has 0 aliphatic carbocycles. The van der Waals surface area contributed by atoms with Crippen LogP contribution in [0, 0.1) is 0 Å². The molecule has 0 spiro atoms. The van der Waals surface area contributed by atoms with E-state index in [0.717, 1.165) is 0 Å². The highest BCUT2D eigenvalue weighted by Crippen LogP contribution is 2.35. The van der Waals surface area contributed by atoms with E-state index in [-0.39, 0.29) is 0 Å². The summed E-state index contributed by atoms with van der Waals surface area (Å²) < 4.78 is 25.7. The van der Waals surface area contributed by atoms with Crippen molar-refractivity contribution in [2.24, 2.45) is 0 Å². The molecule has 35 heavy (non-hydrogen) atoms. The average molecular weight is 520 g/mol. The van der Waals surface area contributed by atoms with Crippen LogP contribution in [-0.2, 0) is 23.7 Å². The van der Waals surface area contributed by atoms with Gasteiger partial charge in [-0.2, -0.15) is 0 Å². The summed E-state index contributed by atoms with van der Waals surface area (Å²) in [5, 5.41) is 120. The molecular weight excluding hydrogens is 488 g/mol. The van der Waals surface area contributed by atoms with E-state index in [9.17, 15) is 61.3 Å². The lowest BCUT2D eigenvalue weighted by Crippen LogP contribution is -2.71. The Morgan fingerprint density at radius 2 is 1.11 bits per heavy atom. The molecule has 0 aromatic rings. The summed E-state index contributed by atoms with van der Waals surface area (Å²) in [7, 11) is 0. The van der Waals surface area contributed by atoms with E-state index in [0.29, 0.717) is 0 Å². The van der Waals surface area contributed by atoms with Crippen LogP contribution in [0.25, 0.3) is 0 Å². The summed E-state index contributed by atoms with van der Waals surface area (Å²) in [5.74, 6) is -3.09. The molecule has 206 valence electrons. The molecule has 0 bridgehead atoms. The van der Waals surface area contributed by atoms with Gasteiger partial charge in [0.2, 0.25) is 5.79 Å². The molecule has 3 rings (SSSR count). The van der Waals surface area contributed by atoms with E-state index in [1.807, 2.05) is 0 Å². The van der Waals surface area contributed by atoms with Gasteiger partial charge in [-0.05, 0) is 0 Å². The van der Waals surface area contributed by atoms with Crippen LogP contribution >= 0.6 is 0 Å². The highest BCUT2D eigenvalue weighted by molar-refractivity contribution is 4.99. The Bertz CT molecular complexity index is 683. The maximum absolute atomic E-state index is 11.0. The summed E-state index contributed by atoms with van der Waals surface area (Å²) in [6, 6.07) is 0. The van der Waals surface area contributed by atoms with E-state index in [1.54, 1.807) is 0 Å². The number of hydrogen-bond acceptors (Lipinski definition) is 17. The molecule has 3 aliphatic heterocycles. The second-order valence-corrected chi connectivity index (χ2v) is 8.55. The fourth-order valence-corrected chi connectivity index (χ4v) is 3.98. The van der Waals surface area contributed by atoms with Crippen molar-refractivity contribution in [2.45, 2.75) is 91.8 Å². The third-order valence-electron chi connectivity index (χ3n) is 6.21. The molecular formula is C18H32O17. The van der Waals surface area contributed by atoms with Crippen molar-refractivity contribution in [2.75, 3.05) is 19.8 Å². The van der Waals surface area contributed by atoms with Gasteiger partial charge in [0.05, 0.1) is 19.8 Å². The first kappa shape index (κ1) is 28.9. The Hall–Kier alpha value is -0.680. The molecule has 12 N–H and O–H groups in total. The highest BCUT2D eigenvalue weighted by Gasteiger charge is 2.60. The number of hydrogen-bond donors (Lipinski definition) is 12. The second kappa shape index (κ2) is 11.4. The minimum Gasteiger partial charge on any atom is -0.394 e. The summed E-state index contributed by atoms with van der Waals surface area (Å²) in [5.41, 5.74) is 0. The van der Waals surface area contributed by atoms with E-state index in [2.05, 4.69) is 0 Å². The summed E-state index contributed by atoms with van der Waals surface area (Å²) in [6.45, 7) is -2.49. The second-order valence-electron chi connectivity index (χ2n) is 8.55. The third kappa shape index (κ3) is 5.47. The van der Waals surface area contributed by atoms with E-state index in [4.69, 9.17) is 23.7 Å². The fraction of sp³-hybridized carbons (Fsp3) is 1.00. The van der Waals surface area contributed by atoms with Crippen molar-refractivity contribution < 1.29 is 85.0 Å². The van der Waals surface area contributed by atoms with E-state index in [1.165, 1.54) is 0 Å². The fourth-order valence-electron chi connectivity index (χ4n) is 3.98. The smallest absolute Gasteiger partial charge is 0.229 e. The van der Waals surface area contributed by atoms with Gasteiger partial charge in [0, 0.05) is 0 Å². The van der Waals surface area contributed by atoms with Gasteiger partial charge in [-0.15, -0.1) is 0 Å². The molecule has 0 amide bonds. The number of ether oxygens (including phenoxy) is 5. The minimum absolute atomic E-state index is 0.714. The van der Waals surface area contributed by atoms with E-state index < -0.39 is 112 Å². The molecule has 17 heteroatoms. The molecule has 0 unspecified atom stereocenters. The first-order valence-corrected chi connectivity index (χ1v) is 10.7. The van der Waals surface area contributed by atoms with Crippen LogP contribution in [-0.4, -0.2) is 173 Å². The third-order valence-corrected chi connectivity index (χ3v) is 6.21. The van der Waals surface area contributed by atoms with Gasteiger partial charge >= 0.3 is 0 Å². The predicted molar refractivity (Wildman–Crippen MR) is 102 cm³/mol. The predicted octanol–water partition coefficient (Wildman–Crippen LogP) is -8.25. The van der Waals surface area contributed by atoms with Crippen molar-refractivity contribution in [3.05, 3.63) is 0 Å². The van der Waals surface area contributed by atoms with Crippen LogP contribution in [0.5, 0.6) is 0 Å². The zero-order valence-corrected chi connectivity index (χ0v) is 18.1. The first-order chi connectivity index (χ1) is 16.4. The summed E-state index contributed by atoms with van der Waals surface area (Å²) >= 11 is 0. The molecule has 0 aromatic carbocycles. The van der Waals surface area contributed by atoms with Crippen molar-refractivity contribution in [1.82, 2.24) is 0 Å². The first-order valence-electron chi connectivity index (χ1n) is 10.7. The van der Waals surface area contributed by atoms with Gasteiger partial charge in [0.15, 0.2) is 25.0 Å². The lowest BCUT2D eigenvalue weighted by Gasteiger charge is -2.50. The largest absolute Gasteiger partial charge is 0.394 e. The van der Waals surface area contributed by atoms with Crippen LogP contribution in [0.3, 0.4) is 0 Å². The standard InChI is InChI=1S/C18H32O17/c19-1-4-7(21)10(24)12(26)16(33-4)35-18(30)13(27)5(2-20)34-17(14(18)28)31-3-6-8(22)9(23)11(25)15(29)32-6/h4-17,19-30H,1-3H2/t4-,5-,6-,7-,8-,9+,10+,11+,12+,13-,14-,15+,16-,17+,18-/m0/s1. The Labute approximate surface area is 197 Å². The van der Waals surface area contributed by atoms with Crippen molar-refractivity contribution in [3.8, 4) is 0 Å². The van der Waals surface area contributed by atoms with Gasteiger partial charge in [-0.25, -0.2) is 0 Å². The number of aliphatic hydroxyl groups is 12. The summed E-state index contributed by atoms with van der Waals surface area (Å²) in [6.07, 6.45) is -26.0. The summed E-state index contributed by atoms with van der Waals surface area (Å²) in [4.78, 5) is 0. The molecule has 3 saturated heterocycles. The minimum atomic E-state index is -3.09. The molecule has 0 aromatic heterocycles. The van der Waals surface area contributed by atoms with Crippen LogP contribution in [0.2, 0.25) is 0 Å². The Balaban J connectivity index is 1.75. The van der Waals surface area contributed by atoms with Gasteiger partial charge in [-0.3, -0.25) is 0 Å². The van der Waals surface area contributed by atoms with Crippen molar-refractivity contribution >= 4 is 0 Å². The van der Waals surface area contributed by atoms with Crippen LogP contribution < -0.4 is 0 Å². The maximum atomic E-state index is 11.0. The monoisotopic (exact) mass is 520 g/mol.